The van der Waals surface area contributed by atoms with Gasteiger partial charge in [0, 0.05) is 157 Å². The van der Waals surface area contributed by atoms with Crippen LogP contribution in [0.25, 0.3) is 99.2 Å². The summed E-state index contributed by atoms with van der Waals surface area (Å²) in [5.74, 6) is 0. The molecule has 0 aliphatic rings. The van der Waals surface area contributed by atoms with E-state index in [1.807, 2.05) is 165 Å². The molecule has 0 atom stereocenters. The van der Waals surface area contributed by atoms with Crippen LogP contribution in [0.15, 0.2) is 334 Å². The fourth-order valence-electron chi connectivity index (χ4n) is 11.0. The van der Waals surface area contributed by atoms with Gasteiger partial charge in [-0.25, -0.2) is 0 Å². The van der Waals surface area contributed by atoms with Gasteiger partial charge in [0.05, 0.1) is 0 Å². The van der Waals surface area contributed by atoms with E-state index in [1.165, 1.54) is 125 Å². The molecule has 8 nitrogen and oxygen atoms in total. The number of hydrogen-bond donors (Lipinski definition) is 0. The smallest absolute Gasteiger partial charge is 0.0491 e. The fourth-order valence-corrected chi connectivity index (χ4v) is 11.0. The number of hydrogen-bond acceptors (Lipinski definition) is 6. The maximum absolute atomic E-state index is 4.25. The zero-order chi connectivity index (χ0) is 78.8. The van der Waals surface area contributed by atoms with Gasteiger partial charge in [0.25, 0.3) is 0 Å². The Morgan fingerprint density at radius 2 is 0.487 bits per heavy atom. The first-order chi connectivity index (χ1) is 53.1. The summed E-state index contributed by atoms with van der Waals surface area (Å²) in [6.07, 6.45) is 8.36. The third-order valence-corrected chi connectivity index (χ3v) is 15.7. The number of fused-ring (bicyclic) bond motifs is 6. The van der Waals surface area contributed by atoms with Gasteiger partial charge in [0.2, 0.25) is 0 Å². The van der Waals surface area contributed by atoms with Gasteiger partial charge in [-0.05, 0) is 144 Å². The van der Waals surface area contributed by atoms with Gasteiger partial charge in [0.1, 0.15) is 0 Å². The van der Waals surface area contributed by atoms with Crippen LogP contribution < -0.4 is 0 Å². The normalized spacial score (nSPS) is 9.15. The molecule has 0 unspecified atom stereocenters. The zero-order valence-electron chi connectivity index (χ0n) is 72.3. The molecule has 11 aromatic carbocycles. The first-order valence-corrected chi connectivity index (χ1v) is 37.8. The van der Waals surface area contributed by atoms with Crippen LogP contribution in [0.1, 0.15) is 92.5 Å². The number of ether oxygens (including phenoxy) is 4. The maximum Gasteiger partial charge on any atom is 0.0491 e. The van der Waals surface area contributed by atoms with Crippen LogP contribution in [-0.4, -0.2) is 76.0 Å². The Morgan fingerprint density at radius 1 is 0.274 bits per heavy atom. The van der Waals surface area contributed by atoms with Crippen molar-refractivity contribution in [2.45, 2.75) is 108 Å². The van der Waals surface area contributed by atoms with Crippen LogP contribution in [0.3, 0.4) is 0 Å². The van der Waals surface area contributed by atoms with Crippen LogP contribution >= 0.6 is 0 Å². The second-order valence-corrected chi connectivity index (χ2v) is 23.8. The summed E-state index contributed by atoms with van der Waals surface area (Å²) in [6.45, 7) is 22.6. The Labute approximate surface area is 698 Å². The van der Waals surface area contributed by atoms with Crippen LogP contribution in [0.4, 0.5) is 0 Å². The second kappa shape index (κ2) is 67.5. The average Bonchev–Trinajstić information content (AvgIpc) is 1.61. The molecule has 0 N–H and O–H groups in total. The molecule has 0 saturated carbocycles. The van der Waals surface area contributed by atoms with Gasteiger partial charge in [-0.1, -0.05) is 298 Å². The van der Waals surface area contributed by atoms with Gasteiger partial charge in [0.15, 0.2) is 0 Å². The standard InChI is InChI=1S/2C28H25N.C12H9.2C6H7N.C6H6.4C2H6O.3C2H6.4CH3.Ir/c2*1-2-3-18-29-27-16-14-23(21-10-6-4-7-11-21)19-25(27)26-20-24(15-17-28(26)29)22-12-8-5-9-13-22;1-3-7-11(8-4-1)12-9-5-2-6-10-12;2*1-6-4-2-3-5-7-6;1-2-4-6-5-3-1;4*1-3-2;3*1-2;;;;;/h2*4-17,19-20H,2-3,18H2,1H3;1-5,7-10H;2*2-5H,1H3;1-6H;4*1-2H3;3*1-2H3;4*1H3;/q;;-1;;;;;;;;;;;4*-1;. The third-order valence-electron chi connectivity index (χ3n) is 15.7. The van der Waals surface area contributed by atoms with E-state index in [0.29, 0.717) is 0 Å². The van der Waals surface area contributed by atoms with Gasteiger partial charge < -0.3 is 57.8 Å². The molecule has 113 heavy (non-hydrogen) atoms. The molecule has 9 heteroatoms. The van der Waals surface area contributed by atoms with Crippen LogP contribution in [0.5, 0.6) is 0 Å². The number of unbranched alkanes of at least 4 members (excludes halogenated alkanes) is 2. The van der Waals surface area contributed by atoms with Gasteiger partial charge in [-0.2, -0.15) is 30.3 Å². The topological polar surface area (TPSA) is 72.6 Å². The van der Waals surface area contributed by atoms with Crippen molar-refractivity contribution in [2.75, 3.05) is 56.9 Å². The summed E-state index contributed by atoms with van der Waals surface area (Å²) in [4.78, 5) is 7.96. The summed E-state index contributed by atoms with van der Waals surface area (Å²) in [7, 11) is 13.0. The monoisotopic (exact) mass is 1690 g/mol. The first kappa shape index (κ1) is 107. The van der Waals surface area contributed by atoms with Crippen molar-refractivity contribution in [3.8, 4) is 55.6 Å². The van der Waals surface area contributed by atoms with Crippen molar-refractivity contribution >= 4 is 43.6 Å². The number of methoxy groups -OCH3 is 4. The molecule has 0 saturated heterocycles. The van der Waals surface area contributed by atoms with E-state index in [4.69, 9.17) is 0 Å². The molecule has 0 fully saturated rings. The Morgan fingerprint density at radius 3 is 0.673 bits per heavy atom. The molecule has 0 aliphatic heterocycles. The summed E-state index contributed by atoms with van der Waals surface area (Å²) < 4.78 is 22.0. The summed E-state index contributed by atoms with van der Waals surface area (Å²) >= 11 is 0. The molecule has 0 amide bonds. The molecular formula is C104H133IrN4O4-5. The van der Waals surface area contributed by atoms with E-state index < -0.39 is 0 Å². The van der Waals surface area contributed by atoms with E-state index in [0.717, 1.165) is 24.5 Å². The van der Waals surface area contributed by atoms with Gasteiger partial charge in [-0.15, -0.1) is 5.56 Å². The Balaban J connectivity index is -0.00000132. The Kier molecular flexibility index (Phi) is 63.9. The first-order valence-electron chi connectivity index (χ1n) is 37.8. The molecule has 0 spiro atoms. The van der Waals surface area contributed by atoms with Crippen molar-refractivity contribution in [3.63, 3.8) is 0 Å². The summed E-state index contributed by atoms with van der Waals surface area (Å²) in [5, 5.41) is 5.37. The minimum absolute atomic E-state index is 0. The molecule has 0 bridgehead atoms. The average molecular weight is 1700 g/mol. The number of aryl methyl sites for hydroxylation is 4. The number of nitrogens with zero attached hydrogens (tertiary/aromatic N) is 4. The van der Waals surface area contributed by atoms with Crippen molar-refractivity contribution in [1.29, 1.82) is 0 Å². The molecular weight excluding hydrogens is 1560 g/mol. The SMILES string of the molecule is CC.CC.CC.CCCCn1c2ccc(-c3ccccc3)cc2c2cc(-c3ccccc3)ccc21.CCCCn1c2ccc(-c3ccccc3)cc2c2cc(-c3ccccc3)ccc21.COC.COC.COC.COC.Cc1ccccn1.Cc1ccccn1.[CH3-].[CH3-].[CH3-].[CH3-].[Ir].[c-]1cccc(-c2ccccc2)c1.c1ccccc1. The molecule has 4 heterocycles. The minimum atomic E-state index is 0. The van der Waals surface area contributed by atoms with E-state index in [-0.39, 0.29) is 49.8 Å². The number of pyridine rings is 2. The molecule has 0 aliphatic carbocycles. The largest absolute Gasteiger partial charge is 0.388 e. The van der Waals surface area contributed by atoms with Crippen molar-refractivity contribution in [2.24, 2.45) is 0 Å². The molecule has 607 valence electrons. The Bertz CT molecular complexity index is 4120. The van der Waals surface area contributed by atoms with Crippen molar-refractivity contribution in [3.05, 3.63) is 381 Å². The molecule has 4 aromatic heterocycles. The van der Waals surface area contributed by atoms with Crippen LogP contribution in [0.2, 0.25) is 0 Å². The quantitative estimate of drug-likeness (QED) is 0.120. The third kappa shape index (κ3) is 37.8. The van der Waals surface area contributed by atoms with Gasteiger partial charge in [-0.3, -0.25) is 9.97 Å². The predicted molar refractivity (Wildman–Crippen MR) is 497 cm³/mol. The van der Waals surface area contributed by atoms with Crippen LogP contribution in [-0.2, 0) is 52.1 Å². The maximum atomic E-state index is 4.25. The van der Waals surface area contributed by atoms with Crippen LogP contribution in [0, 0.1) is 49.6 Å². The Hall–Kier alpha value is -10.2. The van der Waals surface area contributed by atoms with E-state index in [2.05, 4.69) is 270 Å². The van der Waals surface area contributed by atoms with E-state index in [1.54, 1.807) is 69.3 Å². The van der Waals surface area contributed by atoms with E-state index >= 15 is 0 Å². The number of benzene rings is 11. The molecule has 15 rings (SSSR count). The van der Waals surface area contributed by atoms with Crippen molar-refractivity contribution in [1.82, 2.24) is 19.1 Å². The zero-order valence-corrected chi connectivity index (χ0v) is 74.6. The summed E-state index contributed by atoms with van der Waals surface area (Å²) in [5.41, 5.74) is 20.1. The van der Waals surface area contributed by atoms with Crippen molar-refractivity contribution < 1.29 is 39.1 Å². The second-order valence-electron chi connectivity index (χ2n) is 23.8. The van der Waals surface area contributed by atoms with Gasteiger partial charge >= 0.3 is 0 Å². The fraction of sp³-hybridized carbons (Fsp3) is 0.231. The number of aromatic nitrogens is 4. The van der Waals surface area contributed by atoms with E-state index in [9.17, 15) is 0 Å². The molecule has 1 radical (unpaired) electrons. The molecule has 15 aromatic rings. The minimum Gasteiger partial charge on any atom is -0.388 e. The summed E-state index contributed by atoms with van der Waals surface area (Å²) in [6, 6.07) is 115. The number of rotatable bonds is 11. The predicted octanol–water partition coefficient (Wildman–Crippen LogP) is 29.4.